The van der Waals surface area contributed by atoms with Gasteiger partial charge in [-0.2, -0.15) is 0 Å². The van der Waals surface area contributed by atoms with Crippen molar-refractivity contribution in [1.29, 1.82) is 0 Å². The average molecular weight is 203 g/mol. The van der Waals surface area contributed by atoms with Crippen LogP contribution in [0.2, 0.25) is 0 Å². The lowest BCUT2D eigenvalue weighted by Crippen LogP contribution is -2.19. The lowest BCUT2D eigenvalue weighted by atomic mass is 10.4. The molecular weight excluding hydrogens is 190 g/mol. The Balaban J connectivity index is 2.43. The van der Waals surface area contributed by atoms with E-state index in [1.807, 2.05) is 0 Å². The average Bonchev–Trinajstić information content (AvgIpc) is 2.52. The van der Waals surface area contributed by atoms with Crippen LogP contribution in [0.4, 0.5) is 0 Å². The van der Waals surface area contributed by atoms with Crippen LogP contribution in [0.5, 0.6) is 0 Å². The first-order valence-corrected chi connectivity index (χ1v) is 5.89. The van der Waals surface area contributed by atoms with Crippen molar-refractivity contribution in [2.45, 2.75) is 6.42 Å². The third-order valence-electron chi connectivity index (χ3n) is 1.67. The minimum atomic E-state index is -2.99. The lowest BCUT2D eigenvalue weighted by molar-refractivity contribution is 0.513. The van der Waals surface area contributed by atoms with E-state index < -0.39 is 9.84 Å². The van der Waals surface area contributed by atoms with Crippen LogP contribution in [-0.4, -0.2) is 26.5 Å². The third kappa shape index (κ3) is 3.61. The fraction of sp³-hybridized carbons (Fsp3) is 0.500. The molecule has 0 aliphatic carbocycles. The molecule has 4 nitrogen and oxygen atoms in total. The second kappa shape index (κ2) is 4.43. The van der Waals surface area contributed by atoms with Crippen molar-refractivity contribution in [3.8, 4) is 0 Å². The predicted molar refractivity (Wildman–Crippen MR) is 50.1 cm³/mol. The summed E-state index contributed by atoms with van der Waals surface area (Å²) in [6.45, 7) is 0.181. The van der Waals surface area contributed by atoms with E-state index in [0.29, 0.717) is 12.2 Å². The maximum absolute atomic E-state index is 11.2. The first-order chi connectivity index (χ1) is 6.14. The lowest BCUT2D eigenvalue weighted by Gasteiger charge is -1.99. The predicted octanol–water partition coefficient (Wildman–Crippen LogP) is 0.196. The Morgan fingerprint density at radius 3 is 2.69 bits per heavy atom. The summed E-state index contributed by atoms with van der Waals surface area (Å²) in [7, 11) is -2.99. The van der Waals surface area contributed by atoms with Crippen LogP contribution in [0, 0.1) is 0 Å². The van der Waals surface area contributed by atoms with Gasteiger partial charge in [0.05, 0.1) is 17.8 Å². The molecule has 5 heteroatoms. The van der Waals surface area contributed by atoms with Gasteiger partial charge in [0.15, 0.2) is 9.84 Å². The normalized spacial score (nSPS) is 11.8. The summed E-state index contributed by atoms with van der Waals surface area (Å²) in [6, 6.07) is 3.50. The molecule has 0 radical (unpaired) electrons. The molecule has 0 aromatic carbocycles. The SMILES string of the molecule is NCCS(=O)(=O)CCc1ccco1. The summed E-state index contributed by atoms with van der Waals surface area (Å²) in [5.41, 5.74) is 5.16. The Hall–Kier alpha value is -0.810. The summed E-state index contributed by atoms with van der Waals surface area (Å²) < 4.78 is 27.4. The minimum absolute atomic E-state index is 0.0493. The van der Waals surface area contributed by atoms with Crippen LogP contribution in [-0.2, 0) is 16.3 Å². The first-order valence-electron chi connectivity index (χ1n) is 4.07. The van der Waals surface area contributed by atoms with E-state index in [1.165, 1.54) is 6.26 Å². The maximum atomic E-state index is 11.2. The molecule has 0 amide bonds. The van der Waals surface area contributed by atoms with Gasteiger partial charge < -0.3 is 10.2 Å². The van der Waals surface area contributed by atoms with Crippen LogP contribution in [0.15, 0.2) is 22.8 Å². The molecule has 1 aromatic rings. The van der Waals surface area contributed by atoms with Gasteiger partial charge in [-0.15, -0.1) is 0 Å². The van der Waals surface area contributed by atoms with Gasteiger partial charge in [0.1, 0.15) is 5.76 Å². The Bertz CT molecular complexity index is 328. The standard InChI is InChI=1S/C8H13NO3S/c9-4-7-13(10,11)6-3-8-2-1-5-12-8/h1-2,5H,3-4,6-7,9H2. The molecule has 1 aromatic heterocycles. The monoisotopic (exact) mass is 203 g/mol. The van der Waals surface area contributed by atoms with Crippen molar-refractivity contribution in [2.24, 2.45) is 5.73 Å². The zero-order chi connectivity index (χ0) is 9.73. The Labute approximate surface area is 77.7 Å². The zero-order valence-corrected chi connectivity index (χ0v) is 8.09. The van der Waals surface area contributed by atoms with Crippen LogP contribution >= 0.6 is 0 Å². The number of rotatable bonds is 5. The fourth-order valence-corrected chi connectivity index (χ4v) is 2.07. The molecule has 74 valence electrons. The molecule has 0 spiro atoms. The van der Waals surface area contributed by atoms with Crippen molar-refractivity contribution >= 4 is 9.84 Å². The van der Waals surface area contributed by atoms with Gasteiger partial charge in [-0.25, -0.2) is 8.42 Å². The molecule has 0 atom stereocenters. The van der Waals surface area contributed by atoms with Gasteiger partial charge >= 0.3 is 0 Å². The summed E-state index contributed by atoms with van der Waals surface area (Å²) in [4.78, 5) is 0. The molecule has 1 rings (SSSR count). The van der Waals surface area contributed by atoms with Crippen molar-refractivity contribution in [2.75, 3.05) is 18.1 Å². The second-order valence-corrected chi connectivity index (χ2v) is 5.07. The molecule has 1 heterocycles. The molecule has 0 saturated heterocycles. The van der Waals surface area contributed by atoms with Crippen LogP contribution in [0.1, 0.15) is 5.76 Å². The number of nitrogens with two attached hydrogens (primary N) is 1. The van der Waals surface area contributed by atoms with Crippen LogP contribution in [0.3, 0.4) is 0 Å². The van der Waals surface area contributed by atoms with Gasteiger partial charge in [0.25, 0.3) is 0 Å². The van der Waals surface area contributed by atoms with Crippen LogP contribution < -0.4 is 5.73 Å². The van der Waals surface area contributed by atoms with Gasteiger partial charge in [0, 0.05) is 13.0 Å². The molecule has 0 bridgehead atoms. The molecule has 13 heavy (non-hydrogen) atoms. The number of hydrogen-bond donors (Lipinski definition) is 1. The number of aryl methyl sites for hydroxylation is 1. The summed E-state index contributed by atoms with van der Waals surface area (Å²) in [6.07, 6.45) is 1.96. The summed E-state index contributed by atoms with van der Waals surface area (Å²) >= 11 is 0. The Morgan fingerprint density at radius 2 is 2.15 bits per heavy atom. The van der Waals surface area contributed by atoms with E-state index in [2.05, 4.69) is 0 Å². The van der Waals surface area contributed by atoms with Gasteiger partial charge in [-0.1, -0.05) is 0 Å². The number of furan rings is 1. The van der Waals surface area contributed by atoms with Crippen molar-refractivity contribution in [3.05, 3.63) is 24.2 Å². The fourth-order valence-electron chi connectivity index (χ4n) is 0.993. The highest BCUT2D eigenvalue weighted by molar-refractivity contribution is 7.91. The molecule has 0 fully saturated rings. The van der Waals surface area contributed by atoms with Gasteiger partial charge in [0.2, 0.25) is 0 Å². The highest BCUT2D eigenvalue weighted by atomic mass is 32.2. The van der Waals surface area contributed by atoms with E-state index in [1.54, 1.807) is 12.1 Å². The molecule has 2 N–H and O–H groups in total. The van der Waals surface area contributed by atoms with E-state index in [4.69, 9.17) is 10.2 Å². The zero-order valence-electron chi connectivity index (χ0n) is 7.27. The first kappa shape index (κ1) is 10.3. The minimum Gasteiger partial charge on any atom is -0.469 e. The second-order valence-electron chi connectivity index (χ2n) is 2.77. The summed E-state index contributed by atoms with van der Waals surface area (Å²) in [5, 5.41) is 0. The topological polar surface area (TPSA) is 73.3 Å². The van der Waals surface area contributed by atoms with E-state index in [-0.39, 0.29) is 18.1 Å². The quantitative estimate of drug-likeness (QED) is 0.741. The van der Waals surface area contributed by atoms with Crippen LogP contribution in [0.25, 0.3) is 0 Å². The van der Waals surface area contributed by atoms with Gasteiger partial charge in [-0.05, 0) is 12.1 Å². The van der Waals surface area contributed by atoms with Crippen molar-refractivity contribution in [1.82, 2.24) is 0 Å². The number of sulfone groups is 1. The van der Waals surface area contributed by atoms with Crippen molar-refractivity contribution in [3.63, 3.8) is 0 Å². The largest absolute Gasteiger partial charge is 0.469 e. The van der Waals surface area contributed by atoms with E-state index in [9.17, 15) is 8.42 Å². The Morgan fingerprint density at radius 1 is 1.38 bits per heavy atom. The Kier molecular flexibility index (Phi) is 3.50. The van der Waals surface area contributed by atoms with E-state index in [0.717, 1.165) is 0 Å². The number of hydrogen-bond acceptors (Lipinski definition) is 4. The molecule has 0 aliphatic rings. The highest BCUT2D eigenvalue weighted by Crippen LogP contribution is 2.03. The smallest absolute Gasteiger partial charge is 0.151 e. The maximum Gasteiger partial charge on any atom is 0.151 e. The molecule has 0 aliphatic heterocycles. The molecular formula is C8H13NO3S. The summed E-state index contributed by atoms with van der Waals surface area (Å²) in [5.74, 6) is 0.853. The molecule has 0 unspecified atom stereocenters. The van der Waals surface area contributed by atoms with E-state index >= 15 is 0 Å². The molecule has 0 saturated carbocycles. The third-order valence-corrected chi connectivity index (χ3v) is 3.35. The highest BCUT2D eigenvalue weighted by Gasteiger charge is 2.10. The van der Waals surface area contributed by atoms with Crippen molar-refractivity contribution < 1.29 is 12.8 Å². The van der Waals surface area contributed by atoms with Gasteiger partial charge in [-0.3, -0.25) is 0 Å².